The Kier molecular flexibility index (Phi) is 62.1. The Hall–Kier alpha value is -3.07. The molecule has 0 saturated carbocycles. The molecule has 0 aromatic carbocycles. The first-order valence-corrected chi connectivity index (χ1v) is 36.5. The van der Waals surface area contributed by atoms with Crippen LogP contribution in [0.5, 0.6) is 0 Å². The molecule has 0 aromatic rings. The molecule has 486 valence electrons. The number of unbranched alkanes of at least 4 members (excludes halogenated alkanes) is 34. The Bertz CT molecular complexity index is 1740. The van der Waals surface area contributed by atoms with Crippen LogP contribution in [-0.2, 0) is 32.7 Å². The molecule has 9 nitrogen and oxygen atoms in total. The summed E-state index contributed by atoms with van der Waals surface area (Å²) >= 11 is 0. The number of carbonyl (C=O) groups is 2. The molecular weight excluding hydrogens is 1060 g/mol. The zero-order valence-corrected chi connectivity index (χ0v) is 56.3. The standard InChI is InChI=1S/C74H132NO8P/c1-6-8-10-12-14-16-18-20-22-24-26-27-28-29-30-31-32-33-34-35-36-37-38-39-40-41-42-43-44-45-46-47-49-50-52-54-56-58-60-62-64-66-73(76)80-70-72(71-82-84(78,79)81-69-68-75(3,4)5)83-74(77)67-65-63-61-59-57-55-53-51-48-25-23-21-19-17-15-13-11-9-7-2/h9,11,15,17-18,20-21,23-24,26,48,51,55,57,61,63,72H,6-8,10,12-14,16,19,22,25,27-47,49-50,52-54,56,58-60,62,64-71H2,1-5H3/p+1/b11-9-,17-15-,20-18-,23-21-,26-24-,51-48-,57-55-,63-61-. The summed E-state index contributed by atoms with van der Waals surface area (Å²) in [6, 6.07) is 0. The van der Waals surface area contributed by atoms with Gasteiger partial charge in [0.05, 0.1) is 27.7 Å². The number of allylic oxidation sites excluding steroid dienone is 16. The lowest BCUT2D eigenvalue weighted by molar-refractivity contribution is -0.870. The smallest absolute Gasteiger partial charge is 0.462 e. The van der Waals surface area contributed by atoms with Gasteiger partial charge in [-0.2, -0.15) is 0 Å². The van der Waals surface area contributed by atoms with E-state index in [1.54, 1.807) is 0 Å². The molecule has 10 heteroatoms. The summed E-state index contributed by atoms with van der Waals surface area (Å²) in [4.78, 5) is 35.7. The van der Waals surface area contributed by atoms with Gasteiger partial charge in [-0.05, 0) is 83.5 Å². The lowest BCUT2D eigenvalue weighted by atomic mass is 10.0. The van der Waals surface area contributed by atoms with E-state index < -0.39 is 26.5 Å². The summed E-state index contributed by atoms with van der Waals surface area (Å²) in [6.07, 6.45) is 89.9. The molecule has 0 aromatic heterocycles. The molecule has 2 unspecified atom stereocenters. The maximum Gasteiger partial charge on any atom is 0.472 e. The number of rotatable bonds is 64. The zero-order chi connectivity index (χ0) is 61.2. The maximum absolute atomic E-state index is 12.8. The Morgan fingerprint density at radius 2 is 0.702 bits per heavy atom. The summed E-state index contributed by atoms with van der Waals surface area (Å²) in [5, 5.41) is 0. The Labute approximate surface area is 519 Å². The Balaban J connectivity index is 3.94. The highest BCUT2D eigenvalue weighted by molar-refractivity contribution is 7.47. The van der Waals surface area contributed by atoms with Gasteiger partial charge in [0, 0.05) is 12.8 Å². The molecule has 0 radical (unpaired) electrons. The zero-order valence-electron chi connectivity index (χ0n) is 55.4. The molecule has 0 heterocycles. The molecule has 0 aliphatic rings. The quantitative estimate of drug-likeness (QED) is 0.0211. The highest BCUT2D eigenvalue weighted by Gasteiger charge is 2.27. The van der Waals surface area contributed by atoms with Gasteiger partial charge in [0.25, 0.3) is 0 Å². The summed E-state index contributed by atoms with van der Waals surface area (Å²) in [5.74, 6) is -0.890. The topological polar surface area (TPSA) is 108 Å². The lowest BCUT2D eigenvalue weighted by Gasteiger charge is -2.24. The third kappa shape index (κ3) is 68.0. The average Bonchev–Trinajstić information content (AvgIpc) is 3.61. The lowest BCUT2D eigenvalue weighted by Crippen LogP contribution is -2.37. The second-order valence-corrected chi connectivity index (χ2v) is 26.0. The van der Waals surface area contributed by atoms with Gasteiger partial charge in [-0.15, -0.1) is 0 Å². The van der Waals surface area contributed by atoms with Crippen molar-refractivity contribution in [3.05, 3.63) is 97.2 Å². The fourth-order valence-corrected chi connectivity index (χ4v) is 10.5. The van der Waals surface area contributed by atoms with Gasteiger partial charge in [-0.1, -0.05) is 310 Å². The Morgan fingerprint density at radius 1 is 0.381 bits per heavy atom. The fraction of sp³-hybridized carbons (Fsp3) is 0.757. The number of quaternary nitrogens is 1. The van der Waals surface area contributed by atoms with Crippen LogP contribution < -0.4 is 0 Å². The van der Waals surface area contributed by atoms with Crippen molar-refractivity contribution in [2.24, 2.45) is 0 Å². The first kappa shape index (κ1) is 80.9. The van der Waals surface area contributed by atoms with E-state index in [0.29, 0.717) is 17.4 Å². The first-order chi connectivity index (χ1) is 41.0. The summed E-state index contributed by atoms with van der Waals surface area (Å²) in [7, 11) is 1.43. The van der Waals surface area contributed by atoms with Gasteiger partial charge in [0.2, 0.25) is 0 Å². The highest BCUT2D eigenvalue weighted by atomic mass is 31.2. The number of carbonyl (C=O) groups excluding carboxylic acids is 2. The van der Waals surface area contributed by atoms with Crippen molar-refractivity contribution in [3.8, 4) is 0 Å². The van der Waals surface area contributed by atoms with E-state index >= 15 is 0 Å². The number of ether oxygens (including phenoxy) is 2. The third-order valence-corrected chi connectivity index (χ3v) is 16.1. The molecule has 1 N–H and O–H groups in total. The SMILES string of the molecule is CC/C=C\C/C=C\C/C=C\C/C=C\C/C=C\C/C=C\CCC(=O)OC(COC(=O)CCCCCCCCCCCCCCCCCCCCCCCCCCCCCCC/C=C\C/C=C\CCCCCCC)COP(=O)(O)OCC[N+](C)(C)C. The minimum atomic E-state index is -4.41. The minimum Gasteiger partial charge on any atom is -0.462 e. The van der Waals surface area contributed by atoms with Gasteiger partial charge in [-0.25, -0.2) is 4.57 Å². The van der Waals surface area contributed by atoms with Crippen molar-refractivity contribution in [2.75, 3.05) is 47.5 Å². The van der Waals surface area contributed by atoms with Gasteiger partial charge < -0.3 is 18.9 Å². The van der Waals surface area contributed by atoms with Crippen LogP contribution in [0.2, 0.25) is 0 Å². The van der Waals surface area contributed by atoms with Gasteiger partial charge in [0.15, 0.2) is 6.10 Å². The highest BCUT2D eigenvalue weighted by Crippen LogP contribution is 2.43. The van der Waals surface area contributed by atoms with Crippen LogP contribution in [0.4, 0.5) is 0 Å². The second kappa shape index (κ2) is 64.4. The summed E-state index contributed by atoms with van der Waals surface area (Å²) < 4.78 is 34.5. The molecule has 0 aliphatic carbocycles. The van der Waals surface area contributed by atoms with Crippen LogP contribution in [0.3, 0.4) is 0 Å². The number of hydrogen-bond acceptors (Lipinski definition) is 7. The van der Waals surface area contributed by atoms with E-state index in [-0.39, 0.29) is 32.0 Å². The number of phosphoric ester groups is 1. The molecule has 0 saturated heterocycles. The largest absolute Gasteiger partial charge is 0.472 e. The van der Waals surface area contributed by atoms with Crippen molar-refractivity contribution in [2.45, 2.75) is 315 Å². The van der Waals surface area contributed by atoms with Crippen LogP contribution in [-0.4, -0.2) is 74.9 Å². The first-order valence-electron chi connectivity index (χ1n) is 35.0. The van der Waals surface area contributed by atoms with E-state index in [0.717, 1.165) is 64.2 Å². The van der Waals surface area contributed by atoms with Crippen LogP contribution in [0.15, 0.2) is 97.2 Å². The second-order valence-electron chi connectivity index (χ2n) is 24.5. The average molecular weight is 1200 g/mol. The molecule has 0 rings (SSSR count). The number of esters is 2. The van der Waals surface area contributed by atoms with E-state index in [9.17, 15) is 19.0 Å². The van der Waals surface area contributed by atoms with E-state index in [4.69, 9.17) is 18.5 Å². The van der Waals surface area contributed by atoms with Crippen molar-refractivity contribution in [1.29, 1.82) is 0 Å². The Morgan fingerprint density at radius 3 is 1.06 bits per heavy atom. The van der Waals surface area contributed by atoms with Crippen molar-refractivity contribution in [1.82, 2.24) is 0 Å². The fourth-order valence-electron chi connectivity index (χ4n) is 9.78. The van der Waals surface area contributed by atoms with Crippen molar-refractivity contribution in [3.63, 3.8) is 0 Å². The van der Waals surface area contributed by atoms with Crippen LogP contribution >= 0.6 is 7.82 Å². The van der Waals surface area contributed by atoms with Crippen LogP contribution in [0.25, 0.3) is 0 Å². The van der Waals surface area contributed by atoms with Crippen LogP contribution in [0.1, 0.15) is 309 Å². The van der Waals surface area contributed by atoms with E-state index in [1.807, 2.05) is 33.3 Å². The molecule has 2 atom stereocenters. The molecule has 0 spiro atoms. The number of phosphoric acid groups is 1. The summed E-state index contributed by atoms with van der Waals surface area (Å²) in [5.41, 5.74) is 0. The summed E-state index contributed by atoms with van der Waals surface area (Å²) in [6.45, 7) is 4.24. The third-order valence-electron chi connectivity index (χ3n) is 15.1. The number of nitrogens with zero attached hydrogens (tertiary/aromatic N) is 1. The molecular formula is C74H133NO8P+. The van der Waals surface area contributed by atoms with Crippen molar-refractivity contribution < 1.29 is 42.1 Å². The molecule has 0 bridgehead atoms. The maximum atomic E-state index is 12.8. The number of hydrogen-bond donors (Lipinski definition) is 1. The van der Waals surface area contributed by atoms with Gasteiger partial charge in [-0.3, -0.25) is 18.6 Å². The predicted octanol–water partition coefficient (Wildman–Crippen LogP) is 22.7. The molecule has 0 amide bonds. The molecule has 84 heavy (non-hydrogen) atoms. The van der Waals surface area contributed by atoms with Gasteiger partial charge >= 0.3 is 19.8 Å². The normalized spacial score (nSPS) is 13.7. The van der Waals surface area contributed by atoms with E-state index in [1.165, 1.54) is 212 Å². The van der Waals surface area contributed by atoms with Crippen molar-refractivity contribution >= 4 is 19.8 Å². The monoisotopic (exact) mass is 1190 g/mol. The molecule has 0 aliphatic heterocycles. The molecule has 0 fully saturated rings. The predicted molar refractivity (Wildman–Crippen MR) is 362 cm³/mol. The van der Waals surface area contributed by atoms with Gasteiger partial charge in [0.1, 0.15) is 19.8 Å². The minimum absolute atomic E-state index is 0.0153. The number of likely N-dealkylation sites (N-methyl/N-ethyl adjacent to an activating group) is 1. The van der Waals surface area contributed by atoms with E-state index in [2.05, 4.69) is 98.9 Å². The van der Waals surface area contributed by atoms with Crippen LogP contribution in [0, 0.1) is 0 Å².